The Kier molecular flexibility index (Phi) is 7.05. The summed E-state index contributed by atoms with van der Waals surface area (Å²) in [5, 5.41) is 5.05. The van der Waals surface area contributed by atoms with E-state index in [4.69, 9.17) is 9.15 Å². The van der Waals surface area contributed by atoms with Crippen molar-refractivity contribution < 1.29 is 28.3 Å². The molecular weight excluding hydrogens is 400 g/mol. The van der Waals surface area contributed by atoms with Gasteiger partial charge in [0.15, 0.2) is 5.76 Å². The van der Waals surface area contributed by atoms with Gasteiger partial charge in [-0.3, -0.25) is 9.59 Å². The summed E-state index contributed by atoms with van der Waals surface area (Å²) < 4.78 is 15.8. The first-order valence-electron chi connectivity index (χ1n) is 9.50. The van der Waals surface area contributed by atoms with Gasteiger partial charge in [-0.2, -0.15) is 0 Å². The Balaban J connectivity index is 1.50. The van der Waals surface area contributed by atoms with Gasteiger partial charge >= 0.3 is 5.97 Å². The van der Waals surface area contributed by atoms with Crippen LogP contribution in [-0.2, 0) is 16.1 Å². The first-order chi connectivity index (χ1) is 15.0. The van der Waals surface area contributed by atoms with E-state index in [1.165, 1.54) is 19.2 Å². The lowest BCUT2D eigenvalue weighted by Gasteiger charge is -2.10. The summed E-state index contributed by atoms with van der Waals surface area (Å²) in [6.45, 7) is 1.85. The molecule has 3 aromatic rings. The Morgan fingerprint density at radius 1 is 0.968 bits per heavy atom. The minimum Gasteiger partial charge on any atom is -0.486 e. The summed E-state index contributed by atoms with van der Waals surface area (Å²) in [4.78, 5) is 36.2. The van der Waals surface area contributed by atoms with Crippen LogP contribution in [0.2, 0.25) is 0 Å². The second kappa shape index (κ2) is 10.1. The Bertz CT molecular complexity index is 1070. The monoisotopic (exact) mass is 422 g/mol. The average Bonchev–Trinajstić information content (AvgIpc) is 3.26. The van der Waals surface area contributed by atoms with Crippen molar-refractivity contribution in [3.8, 4) is 5.75 Å². The van der Waals surface area contributed by atoms with E-state index >= 15 is 0 Å². The zero-order chi connectivity index (χ0) is 22.2. The number of furan rings is 1. The Hall–Kier alpha value is -4.07. The van der Waals surface area contributed by atoms with Gasteiger partial charge in [0.1, 0.15) is 18.1 Å². The van der Waals surface area contributed by atoms with Crippen molar-refractivity contribution in [1.29, 1.82) is 0 Å². The quantitative estimate of drug-likeness (QED) is 0.540. The summed E-state index contributed by atoms with van der Waals surface area (Å²) >= 11 is 0. The van der Waals surface area contributed by atoms with E-state index in [1.807, 2.05) is 31.2 Å². The molecule has 0 aliphatic heterocycles. The molecule has 0 bridgehead atoms. The molecule has 2 aromatic carbocycles. The number of carbonyl (C=O) groups is 3. The predicted molar refractivity (Wildman–Crippen MR) is 113 cm³/mol. The molecule has 0 atom stereocenters. The van der Waals surface area contributed by atoms with E-state index in [0.717, 1.165) is 5.56 Å². The number of methoxy groups -OCH3 is 1. The summed E-state index contributed by atoms with van der Waals surface area (Å²) in [7, 11) is 1.25. The lowest BCUT2D eigenvalue weighted by atomic mass is 10.2. The molecule has 1 heterocycles. The smallest absolute Gasteiger partial charge is 0.339 e. The van der Waals surface area contributed by atoms with Gasteiger partial charge in [-0.05, 0) is 43.3 Å². The molecule has 0 radical (unpaired) electrons. The van der Waals surface area contributed by atoms with Crippen LogP contribution in [0.1, 0.15) is 32.2 Å². The van der Waals surface area contributed by atoms with Crippen molar-refractivity contribution in [3.05, 3.63) is 83.3 Å². The van der Waals surface area contributed by atoms with Crippen LogP contribution < -0.4 is 15.4 Å². The molecule has 31 heavy (non-hydrogen) atoms. The van der Waals surface area contributed by atoms with E-state index in [2.05, 4.69) is 15.4 Å². The molecule has 0 fully saturated rings. The minimum atomic E-state index is -0.573. The lowest BCUT2D eigenvalue weighted by molar-refractivity contribution is -0.115. The van der Waals surface area contributed by atoms with Crippen LogP contribution in [0.4, 0.5) is 5.69 Å². The maximum absolute atomic E-state index is 12.2. The van der Waals surface area contributed by atoms with Crippen LogP contribution in [0.3, 0.4) is 0 Å². The number of ether oxygens (including phenoxy) is 2. The highest BCUT2D eigenvalue weighted by molar-refractivity contribution is 6.03. The van der Waals surface area contributed by atoms with E-state index in [9.17, 15) is 14.4 Å². The molecule has 0 spiro atoms. The lowest BCUT2D eigenvalue weighted by Crippen LogP contribution is -2.33. The number of nitrogens with one attached hydrogen (secondary N) is 2. The van der Waals surface area contributed by atoms with Crippen LogP contribution in [0.15, 0.2) is 65.1 Å². The average molecular weight is 422 g/mol. The number of esters is 1. The number of benzene rings is 2. The molecule has 160 valence electrons. The van der Waals surface area contributed by atoms with Crippen molar-refractivity contribution in [2.75, 3.05) is 19.0 Å². The highest BCUT2D eigenvalue weighted by Gasteiger charge is 2.16. The van der Waals surface area contributed by atoms with Gasteiger partial charge in [-0.15, -0.1) is 0 Å². The van der Waals surface area contributed by atoms with Gasteiger partial charge in [0.05, 0.1) is 24.9 Å². The van der Waals surface area contributed by atoms with Gasteiger partial charge in [-0.25, -0.2) is 4.79 Å². The van der Waals surface area contributed by atoms with E-state index in [0.29, 0.717) is 17.2 Å². The zero-order valence-corrected chi connectivity index (χ0v) is 17.1. The van der Waals surface area contributed by atoms with Crippen molar-refractivity contribution in [3.63, 3.8) is 0 Å². The molecule has 3 rings (SSSR count). The molecule has 8 nitrogen and oxygen atoms in total. The van der Waals surface area contributed by atoms with E-state index < -0.39 is 17.8 Å². The van der Waals surface area contributed by atoms with Gasteiger partial charge in [0, 0.05) is 0 Å². The number of para-hydroxylation sites is 1. The Morgan fingerprint density at radius 2 is 1.71 bits per heavy atom. The minimum absolute atomic E-state index is 0.0604. The zero-order valence-electron chi connectivity index (χ0n) is 17.1. The number of carbonyl (C=O) groups excluding carboxylic acids is 3. The second-order valence-corrected chi connectivity index (χ2v) is 6.64. The third-order valence-corrected chi connectivity index (χ3v) is 4.30. The first-order valence-corrected chi connectivity index (χ1v) is 9.50. The van der Waals surface area contributed by atoms with Crippen LogP contribution in [0.25, 0.3) is 0 Å². The van der Waals surface area contributed by atoms with Gasteiger partial charge in [-0.1, -0.05) is 29.8 Å². The van der Waals surface area contributed by atoms with E-state index in [-0.39, 0.29) is 24.5 Å². The first kappa shape index (κ1) is 21.6. The predicted octanol–water partition coefficient (Wildman–Crippen LogP) is 3.32. The molecule has 8 heteroatoms. The fourth-order valence-corrected chi connectivity index (χ4v) is 2.69. The number of amides is 2. The molecular formula is C23H22N2O6. The Labute approximate surface area is 179 Å². The number of hydrogen-bond donors (Lipinski definition) is 2. The van der Waals surface area contributed by atoms with Gasteiger partial charge in [0.2, 0.25) is 5.91 Å². The maximum Gasteiger partial charge on any atom is 0.339 e. The topological polar surface area (TPSA) is 107 Å². The normalized spacial score (nSPS) is 10.3. The van der Waals surface area contributed by atoms with E-state index in [1.54, 1.807) is 24.3 Å². The van der Waals surface area contributed by atoms with Crippen molar-refractivity contribution in [2.24, 2.45) is 0 Å². The van der Waals surface area contributed by atoms with Crippen molar-refractivity contribution in [1.82, 2.24) is 5.32 Å². The number of rotatable bonds is 8. The molecule has 0 saturated heterocycles. The Morgan fingerprint density at radius 3 is 2.45 bits per heavy atom. The molecule has 2 amide bonds. The van der Waals surface area contributed by atoms with Gasteiger partial charge < -0.3 is 24.5 Å². The van der Waals surface area contributed by atoms with Gasteiger partial charge in [0.25, 0.3) is 5.91 Å². The highest BCUT2D eigenvalue weighted by atomic mass is 16.5. The summed E-state index contributed by atoms with van der Waals surface area (Å²) in [6.07, 6.45) is 0. The van der Waals surface area contributed by atoms with Crippen LogP contribution in [-0.4, -0.2) is 31.4 Å². The largest absolute Gasteiger partial charge is 0.486 e. The summed E-state index contributed by atoms with van der Waals surface area (Å²) in [5.41, 5.74) is 1.64. The fraction of sp³-hybridized carbons (Fsp3) is 0.174. The number of anilines is 1. The van der Waals surface area contributed by atoms with Crippen LogP contribution in [0.5, 0.6) is 5.75 Å². The fourth-order valence-electron chi connectivity index (χ4n) is 2.69. The number of hydrogen-bond acceptors (Lipinski definition) is 6. The summed E-state index contributed by atoms with van der Waals surface area (Å²) in [5.74, 6) is -0.391. The molecule has 1 aromatic heterocycles. The molecule has 2 N–H and O–H groups in total. The molecule has 0 saturated carbocycles. The highest BCUT2D eigenvalue weighted by Crippen LogP contribution is 2.17. The van der Waals surface area contributed by atoms with Crippen LogP contribution >= 0.6 is 0 Å². The molecule has 0 aliphatic carbocycles. The third-order valence-electron chi connectivity index (χ3n) is 4.30. The molecule has 0 unspecified atom stereocenters. The number of aryl methyl sites for hydroxylation is 1. The molecule has 0 aliphatic rings. The SMILES string of the molecule is COC(=O)c1ccccc1NC(=O)CNC(=O)c1ccc(COc2ccc(C)cc2)o1. The maximum atomic E-state index is 12.2. The third kappa shape index (κ3) is 5.96. The second-order valence-electron chi connectivity index (χ2n) is 6.64. The van der Waals surface area contributed by atoms with Crippen molar-refractivity contribution in [2.45, 2.75) is 13.5 Å². The van der Waals surface area contributed by atoms with Crippen LogP contribution in [0, 0.1) is 6.92 Å². The van der Waals surface area contributed by atoms with Crippen molar-refractivity contribution >= 4 is 23.5 Å². The standard InChI is InChI=1S/C23H22N2O6/c1-15-7-9-16(10-8-15)30-14-17-11-12-20(31-17)22(27)24-13-21(26)25-19-6-4-3-5-18(19)23(28)29-2/h3-12H,13-14H2,1-2H3,(H,24,27)(H,25,26). The summed E-state index contributed by atoms with van der Waals surface area (Å²) in [6, 6.07) is 17.1.